The number of hydrogen-bond donors (Lipinski definition) is 0. The molecule has 4 nitrogen and oxygen atoms in total. The Morgan fingerprint density at radius 1 is 1.15 bits per heavy atom. The Kier molecular flexibility index (Phi) is 4.42. The molecule has 27 heavy (non-hydrogen) atoms. The average molecular weight is 374 g/mol. The number of alkyl halides is 3. The molecule has 0 aromatic carbocycles. The molecule has 0 radical (unpaired) electrons. The third-order valence-corrected chi connectivity index (χ3v) is 5.16. The highest BCUT2D eigenvalue weighted by atomic mass is 19.4. The summed E-state index contributed by atoms with van der Waals surface area (Å²) in [7, 11) is 2.11. The predicted molar refractivity (Wildman–Crippen MR) is 97.5 cm³/mol. The topological polar surface area (TPSA) is 34.0 Å². The number of fused-ring (bicyclic) bond motifs is 3. The summed E-state index contributed by atoms with van der Waals surface area (Å²) in [6, 6.07) is 4.74. The van der Waals surface area contributed by atoms with Crippen LogP contribution in [0.15, 0.2) is 30.6 Å². The molecule has 0 N–H and O–H groups in total. The third-order valence-electron chi connectivity index (χ3n) is 5.16. The smallest absolute Gasteiger partial charge is 0.329 e. The molecular weight excluding hydrogens is 353 g/mol. The van der Waals surface area contributed by atoms with Crippen LogP contribution in [0.2, 0.25) is 0 Å². The summed E-state index contributed by atoms with van der Waals surface area (Å²) in [5.41, 5.74) is 4.64. The maximum atomic E-state index is 12.7. The lowest BCUT2D eigenvalue weighted by molar-refractivity contribution is -0.141. The van der Waals surface area contributed by atoms with Gasteiger partial charge in [0.05, 0.1) is 0 Å². The summed E-state index contributed by atoms with van der Waals surface area (Å²) >= 11 is 0. The van der Waals surface area contributed by atoms with Gasteiger partial charge in [-0.15, -0.1) is 0 Å². The van der Waals surface area contributed by atoms with Gasteiger partial charge in [-0.2, -0.15) is 13.2 Å². The number of aromatic nitrogens is 3. The third kappa shape index (κ3) is 3.43. The van der Waals surface area contributed by atoms with Gasteiger partial charge in [0.1, 0.15) is 11.3 Å². The predicted octanol–water partition coefficient (Wildman–Crippen LogP) is 3.99. The molecule has 0 spiro atoms. The van der Waals surface area contributed by atoms with E-state index in [1.165, 1.54) is 28.9 Å². The summed E-state index contributed by atoms with van der Waals surface area (Å²) in [6.07, 6.45) is 0.362. The second-order valence-electron chi connectivity index (χ2n) is 7.25. The van der Waals surface area contributed by atoms with Crippen LogP contribution in [0.5, 0.6) is 0 Å². The highest BCUT2D eigenvalue weighted by Gasteiger charge is 2.32. The fourth-order valence-corrected chi connectivity index (χ4v) is 3.78. The molecule has 142 valence electrons. The number of likely N-dealkylation sites (N-methyl/N-ethyl adjacent to an activating group) is 1. The zero-order valence-corrected chi connectivity index (χ0v) is 15.3. The second kappa shape index (κ2) is 6.64. The van der Waals surface area contributed by atoms with Crippen molar-refractivity contribution in [2.45, 2.75) is 39.0 Å². The number of hydrogen-bond acceptors (Lipinski definition) is 3. The molecule has 0 unspecified atom stereocenters. The maximum Gasteiger partial charge on any atom is 0.433 e. The van der Waals surface area contributed by atoms with E-state index in [4.69, 9.17) is 0 Å². The molecule has 0 bridgehead atoms. The highest BCUT2D eigenvalue weighted by molar-refractivity contribution is 5.83. The molecule has 0 saturated heterocycles. The average Bonchev–Trinajstić information content (AvgIpc) is 2.92. The molecule has 1 aliphatic heterocycles. The van der Waals surface area contributed by atoms with Crippen LogP contribution in [-0.4, -0.2) is 33.0 Å². The number of halogens is 3. The number of nitrogens with zero attached hydrogens (tertiary/aromatic N) is 4. The van der Waals surface area contributed by atoms with Crippen LogP contribution in [0, 0.1) is 6.92 Å². The summed E-state index contributed by atoms with van der Waals surface area (Å²) in [5.74, 6) is 0. The van der Waals surface area contributed by atoms with Gasteiger partial charge in [0.2, 0.25) is 0 Å². The molecule has 0 fully saturated rings. The van der Waals surface area contributed by atoms with Gasteiger partial charge in [-0.05, 0) is 49.2 Å². The fraction of sp³-hybridized carbons (Fsp3) is 0.400. The molecule has 3 aromatic heterocycles. The normalized spacial score (nSPS) is 15.3. The van der Waals surface area contributed by atoms with E-state index < -0.39 is 11.9 Å². The van der Waals surface area contributed by atoms with E-state index in [0.29, 0.717) is 13.0 Å². The lowest BCUT2D eigenvalue weighted by Gasteiger charge is -2.24. The summed E-state index contributed by atoms with van der Waals surface area (Å²) in [5, 5.41) is 1.18. The Balaban J connectivity index is 1.64. The van der Waals surface area contributed by atoms with Crippen molar-refractivity contribution in [3.05, 3.63) is 58.7 Å². The minimum atomic E-state index is -4.40. The Morgan fingerprint density at radius 2 is 1.96 bits per heavy atom. The minimum absolute atomic E-state index is 0.618. The van der Waals surface area contributed by atoms with Crippen LogP contribution in [-0.2, 0) is 32.1 Å². The second-order valence-corrected chi connectivity index (χ2v) is 7.25. The lowest BCUT2D eigenvalue weighted by Crippen LogP contribution is -2.27. The van der Waals surface area contributed by atoms with Gasteiger partial charge in [-0.25, -0.2) is 4.98 Å². The van der Waals surface area contributed by atoms with Crippen LogP contribution in [0.4, 0.5) is 13.2 Å². The van der Waals surface area contributed by atoms with Gasteiger partial charge < -0.3 is 9.47 Å². The van der Waals surface area contributed by atoms with Crippen molar-refractivity contribution in [2.75, 3.05) is 13.6 Å². The fourth-order valence-electron chi connectivity index (χ4n) is 3.78. The Morgan fingerprint density at radius 3 is 2.67 bits per heavy atom. The highest BCUT2D eigenvalue weighted by Crippen LogP contribution is 2.31. The zero-order chi connectivity index (χ0) is 19.2. The quantitative estimate of drug-likeness (QED) is 0.695. The SMILES string of the molecule is Cc1cnc2c(c1)c1c(n2CCc2ccc(C(F)(F)F)nc2)CCN(C)C1. The standard InChI is InChI=1S/C20H21F3N4/c1-13-9-15-16-12-26(2)7-6-17(16)27(19(15)25-10-13)8-5-14-3-4-18(24-11-14)20(21,22)23/h3-4,9-11H,5-8,12H2,1-2H3. The first-order chi connectivity index (χ1) is 12.8. The van der Waals surface area contributed by atoms with Gasteiger partial charge in [0.25, 0.3) is 0 Å². The van der Waals surface area contributed by atoms with E-state index in [-0.39, 0.29) is 0 Å². The Hall–Kier alpha value is -2.41. The van der Waals surface area contributed by atoms with Crippen LogP contribution >= 0.6 is 0 Å². The largest absolute Gasteiger partial charge is 0.433 e. The van der Waals surface area contributed by atoms with Crippen molar-refractivity contribution in [1.82, 2.24) is 19.4 Å². The number of pyridine rings is 2. The van der Waals surface area contributed by atoms with Crippen LogP contribution in [0.25, 0.3) is 11.0 Å². The van der Waals surface area contributed by atoms with E-state index >= 15 is 0 Å². The van der Waals surface area contributed by atoms with E-state index in [2.05, 4.69) is 32.5 Å². The lowest BCUT2D eigenvalue weighted by atomic mass is 10.1. The molecular formula is C20H21F3N4. The first-order valence-electron chi connectivity index (χ1n) is 9.00. The first kappa shape index (κ1) is 18.0. The van der Waals surface area contributed by atoms with E-state index in [1.54, 1.807) is 0 Å². The number of aryl methyl sites for hydroxylation is 3. The van der Waals surface area contributed by atoms with Crippen molar-refractivity contribution in [2.24, 2.45) is 0 Å². The molecule has 0 atom stereocenters. The molecule has 7 heteroatoms. The zero-order valence-electron chi connectivity index (χ0n) is 15.3. The van der Waals surface area contributed by atoms with Crippen molar-refractivity contribution >= 4 is 11.0 Å². The van der Waals surface area contributed by atoms with Gasteiger partial charge >= 0.3 is 6.18 Å². The summed E-state index contributed by atoms with van der Waals surface area (Å²) < 4.78 is 40.3. The summed E-state index contributed by atoms with van der Waals surface area (Å²) in [4.78, 5) is 10.5. The van der Waals surface area contributed by atoms with E-state index in [9.17, 15) is 13.2 Å². The molecule has 0 amide bonds. The van der Waals surface area contributed by atoms with E-state index in [1.807, 2.05) is 13.1 Å². The Bertz CT molecular complexity index is 974. The molecule has 3 aromatic rings. The van der Waals surface area contributed by atoms with Crippen LogP contribution < -0.4 is 0 Å². The van der Waals surface area contributed by atoms with Gasteiger partial charge in [0.15, 0.2) is 0 Å². The number of rotatable bonds is 3. The maximum absolute atomic E-state index is 12.7. The van der Waals surface area contributed by atoms with Crippen molar-refractivity contribution in [3.8, 4) is 0 Å². The molecule has 0 saturated carbocycles. The van der Waals surface area contributed by atoms with Crippen molar-refractivity contribution in [1.29, 1.82) is 0 Å². The van der Waals surface area contributed by atoms with Crippen molar-refractivity contribution in [3.63, 3.8) is 0 Å². The van der Waals surface area contributed by atoms with Crippen LogP contribution in [0.1, 0.15) is 28.1 Å². The molecule has 4 heterocycles. The van der Waals surface area contributed by atoms with Crippen molar-refractivity contribution < 1.29 is 13.2 Å². The molecule has 0 aliphatic carbocycles. The van der Waals surface area contributed by atoms with Gasteiger partial charge in [0, 0.05) is 49.5 Å². The minimum Gasteiger partial charge on any atom is -0.329 e. The van der Waals surface area contributed by atoms with Crippen LogP contribution in [0.3, 0.4) is 0 Å². The molecule has 1 aliphatic rings. The molecule has 4 rings (SSSR count). The first-order valence-corrected chi connectivity index (χ1v) is 9.00. The monoisotopic (exact) mass is 374 g/mol. The Labute approximate surface area is 155 Å². The van der Waals surface area contributed by atoms with Gasteiger partial charge in [-0.3, -0.25) is 4.98 Å². The van der Waals surface area contributed by atoms with Gasteiger partial charge in [-0.1, -0.05) is 6.07 Å². The van der Waals surface area contributed by atoms with E-state index in [0.717, 1.165) is 42.4 Å². The summed E-state index contributed by atoms with van der Waals surface area (Å²) in [6.45, 7) is 4.60.